The molecule has 0 bridgehead atoms. The van der Waals surface area contributed by atoms with Crippen LogP contribution in [0.4, 0.5) is 4.79 Å². The highest BCUT2D eigenvalue weighted by atomic mass is 35.5. The van der Waals surface area contributed by atoms with E-state index >= 15 is 0 Å². The number of carbonyl (C=O) groups is 1. The molecule has 1 aliphatic heterocycles. The highest BCUT2D eigenvalue weighted by Gasteiger charge is 2.33. The van der Waals surface area contributed by atoms with Crippen molar-refractivity contribution in [2.45, 2.75) is 38.0 Å². The van der Waals surface area contributed by atoms with Gasteiger partial charge in [0.05, 0.1) is 18.5 Å². The van der Waals surface area contributed by atoms with Gasteiger partial charge in [-0.3, -0.25) is 0 Å². The first kappa shape index (κ1) is 20.4. The maximum absolute atomic E-state index is 12.5. The van der Waals surface area contributed by atoms with Gasteiger partial charge in [-0.15, -0.1) is 0 Å². The van der Waals surface area contributed by atoms with E-state index in [1.54, 1.807) is 4.90 Å². The minimum absolute atomic E-state index is 0.0806. The van der Waals surface area contributed by atoms with Crippen molar-refractivity contribution in [1.82, 2.24) is 14.9 Å². The molecule has 2 aromatic rings. The monoisotopic (exact) mass is 411 g/mol. The molecule has 2 atom stereocenters. The van der Waals surface area contributed by atoms with Crippen LogP contribution in [0, 0.1) is 22.7 Å². The van der Waals surface area contributed by atoms with Crippen LogP contribution in [-0.2, 0) is 11.3 Å². The van der Waals surface area contributed by atoms with E-state index in [9.17, 15) is 4.79 Å². The molecule has 1 aromatic carbocycles. The van der Waals surface area contributed by atoms with Crippen LogP contribution in [0.15, 0.2) is 36.4 Å². The smallest absolute Gasteiger partial charge is 0.410 e. The molecular formula is C20H18ClN5O3. The van der Waals surface area contributed by atoms with E-state index in [4.69, 9.17) is 31.6 Å². The number of aromatic nitrogens is 2. The fourth-order valence-corrected chi connectivity index (χ4v) is 3.31. The zero-order valence-electron chi connectivity index (χ0n) is 15.5. The maximum atomic E-state index is 12.5. The molecule has 0 unspecified atom stereocenters. The van der Waals surface area contributed by atoms with Crippen LogP contribution in [0.3, 0.4) is 0 Å². The average Bonchev–Trinajstić information content (AvgIpc) is 2.73. The highest BCUT2D eigenvalue weighted by Crippen LogP contribution is 2.25. The first-order valence-corrected chi connectivity index (χ1v) is 9.42. The Bertz CT molecular complexity index is 941. The van der Waals surface area contributed by atoms with Crippen LogP contribution < -0.4 is 4.74 Å². The molecule has 1 aliphatic rings. The Kier molecular flexibility index (Phi) is 6.83. The summed E-state index contributed by atoms with van der Waals surface area (Å²) in [7, 11) is 0. The predicted octanol–water partition coefficient (Wildman–Crippen LogP) is 3.46. The van der Waals surface area contributed by atoms with Crippen LogP contribution in [0.5, 0.6) is 5.88 Å². The number of amides is 1. The SMILES string of the molecule is N#CC[C@@H]1C[C@@H](Oc2cc(Cl)nc(C#N)n2)CCN1C(=O)OCc1ccccc1. The zero-order chi connectivity index (χ0) is 20.6. The summed E-state index contributed by atoms with van der Waals surface area (Å²) in [6.45, 7) is 0.556. The van der Waals surface area contributed by atoms with Crippen molar-refractivity contribution in [3.63, 3.8) is 0 Å². The molecule has 0 spiro atoms. The third-order valence-electron chi connectivity index (χ3n) is 4.49. The van der Waals surface area contributed by atoms with E-state index in [2.05, 4.69) is 16.0 Å². The van der Waals surface area contributed by atoms with Gasteiger partial charge in [-0.1, -0.05) is 41.9 Å². The number of nitriles is 2. The number of hydrogen-bond acceptors (Lipinski definition) is 7. The van der Waals surface area contributed by atoms with E-state index < -0.39 is 6.09 Å². The van der Waals surface area contributed by atoms with Crippen LogP contribution in [0.1, 0.15) is 30.7 Å². The molecule has 0 radical (unpaired) electrons. The highest BCUT2D eigenvalue weighted by molar-refractivity contribution is 6.29. The number of rotatable bonds is 5. The zero-order valence-corrected chi connectivity index (χ0v) is 16.2. The second kappa shape index (κ2) is 9.72. The quantitative estimate of drug-likeness (QED) is 0.692. The van der Waals surface area contributed by atoms with Crippen molar-refractivity contribution in [2.24, 2.45) is 0 Å². The Balaban J connectivity index is 1.62. The summed E-state index contributed by atoms with van der Waals surface area (Å²) >= 11 is 5.88. The summed E-state index contributed by atoms with van der Waals surface area (Å²) < 4.78 is 11.2. The van der Waals surface area contributed by atoms with E-state index in [0.717, 1.165) is 5.56 Å². The average molecular weight is 412 g/mol. The molecule has 29 heavy (non-hydrogen) atoms. The van der Waals surface area contributed by atoms with Gasteiger partial charge in [0.1, 0.15) is 23.9 Å². The van der Waals surface area contributed by atoms with Gasteiger partial charge in [-0.2, -0.15) is 15.5 Å². The van der Waals surface area contributed by atoms with Crippen molar-refractivity contribution >= 4 is 17.7 Å². The Morgan fingerprint density at radius 1 is 1.28 bits per heavy atom. The van der Waals surface area contributed by atoms with E-state index in [0.29, 0.717) is 19.4 Å². The lowest BCUT2D eigenvalue weighted by molar-refractivity contribution is 0.0348. The summed E-state index contributed by atoms with van der Waals surface area (Å²) in [4.78, 5) is 21.9. The van der Waals surface area contributed by atoms with Gasteiger partial charge in [-0.05, 0) is 5.56 Å². The molecule has 2 heterocycles. The molecule has 1 fully saturated rings. The maximum Gasteiger partial charge on any atom is 0.410 e. The van der Waals surface area contributed by atoms with Crippen molar-refractivity contribution < 1.29 is 14.3 Å². The normalized spacial score (nSPS) is 18.4. The summed E-state index contributed by atoms with van der Waals surface area (Å²) in [5.74, 6) is 0.116. The molecular weight excluding hydrogens is 394 g/mol. The Hall–Kier alpha value is -3.36. The molecule has 0 aliphatic carbocycles. The lowest BCUT2D eigenvalue weighted by Gasteiger charge is -2.37. The lowest BCUT2D eigenvalue weighted by Crippen LogP contribution is -2.48. The summed E-state index contributed by atoms with van der Waals surface area (Å²) in [6, 6.07) is 14.4. The topological polar surface area (TPSA) is 112 Å². The van der Waals surface area contributed by atoms with Gasteiger partial charge in [0.25, 0.3) is 0 Å². The number of hydrogen-bond donors (Lipinski definition) is 0. The van der Waals surface area contributed by atoms with Crippen molar-refractivity contribution in [1.29, 1.82) is 10.5 Å². The Labute approximate surface area is 173 Å². The molecule has 148 valence electrons. The van der Waals surface area contributed by atoms with Gasteiger partial charge in [0, 0.05) is 25.5 Å². The number of piperidine rings is 1. The fraction of sp³-hybridized carbons (Fsp3) is 0.350. The largest absolute Gasteiger partial charge is 0.474 e. The van der Waals surface area contributed by atoms with Gasteiger partial charge in [0.2, 0.25) is 11.7 Å². The number of ether oxygens (including phenoxy) is 2. The number of nitrogens with zero attached hydrogens (tertiary/aromatic N) is 5. The molecule has 0 saturated carbocycles. The molecule has 1 amide bonds. The molecule has 9 heteroatoms. The Morgan fingerprint density at radius 2 is 2.07 bits per heavy atom. The molecule has 0 N–H and O–H groups in total. The van der Waals surface area contributed by atoms with Gasteiger partial charge < -0.3 is 14.4 Å². The second-order valence-electron chi connectivity index (χ2n) is 6.48. The van der Waals surface area contributed by atoms with Gasteiger partial charge in [-0.25, -0.2) is 9.78 Å². The molecule has 8 nitrogen and oxygen atoms in total. The van der Waals surface area contributed by atoms with Crippen LogP contribution in [-0.4, -0.2) is 39.7 Å². The second-order valence-corrected chi connectivity index (χ2v) is 6.87. The van der Waals surface area contributed by atoms with Crippen LogP contribution >= 0.6 is 11.6 Å². The Morgan fingerprint density at radius 3 is 2.79 bits per heavy atom. The van der Waals surface area contributed by atoms with Crippen LogP contribution in [0.25, 0.3) is 0 Å². The minimum atomic E-state index is -0.454. The summed E-state index contributed by atoms with van der Waals surface area (Å²) in [5, 5.41) is 18.2. The van der Waals surface area contributed by atoms with Crippen molar-refractivity contribution in [3.05, 3.63) is 52.9 Å². The van der Waals surface area contributed by atoms with E-state index in [1.807, 2.05) is 36.4 Å². The third-order valence-corrected chi connectivity index (χ3v) is 4.69. The van der Waals surface area contributed by atoms with Gasteiger partial charge >= 0.3 is 6.09 Å². The van der Waals surface area contributed by atoms with E-state index in [-0.39, 0.29) is 42.0 Å². The summed E-state index contributed by atoms with van der Waals surface area (Å²) in [5.41, 5.74) is 0.893. The summed E-state index contributed by atoms with van der Waals surface area (Å²) in [6.07, 6.45) is 0.408. The lowest BCUT2D eigenvalue weighted by atomic mass is 9.97. The predicted molar refractivity (Wildman–Crippen MR) is 103 cm³/mol. The van der Waals surface area contributed by atoms with Gasteiger partial charge in [0.15, 0.2) is 0 Å². The standard InChI is InChI=1S/C20H18ClN5O3/c21-17-11-19(25-18(12-23)24-17)29-16-7-9-26(15(10-16)6-8-22)20(27)28-13-14-4-2-1-3-5-14/h1-5,11,15-16H,6-7,9-10,13H2/t15-,16+/m1/s1. The minimum Gasteiger partial charge on any atom is -0.474 e. The molecule has 1 saturated heterocycles. The first-order valence-electron chi connectivity index (χ1n) is 9.04. The number of benzene rings is 1. The molecule has 3 rings (SSSR count). The fourth-order valence-electron chi connectivity index (χ4n) is 3.14. The number of halogens is 1. The van der Waals surface area contributed by atoms with Crippen molar-refractivity contribution in [3.8, 4) is 18.0 Å². The number of likely N-dealkylation sites (tertiary alicyclic amines) is 1. The third kappa shape index (κ3) is 5.56. The van der Waals surface area contributed by atoms with E-state index in [1.165, 1.54) is 6.07 Å². The van der Waals surface area contributed by atoms with Crippen molar-refractivity contribution in [2.75, 3.05) is 6.54 Å². The first-order chi connectivity index (χ1) is 14.1. The number of carbonyl (C=O) groups excluding carboxylic acids is 1. The van der Waals surface area contributed by atoms with Crippen LogP contribution in [0.2, 0.25) is 5.15 Å². The molecule has 1 aromatic heterocycles.